The Morgan fingerprint density at radius 3 is 2.42 bits per heavy atom. The van der Waals surface area contributed by atoms with Gasteiger partial charge in [-0.2, -0.15) is 0 Å². The van der Waals surface area contributed by atoms with Gasteiger partial charge in [0.2, 0.25) is 0 Å². The van der Waals surface area contributed by atoms with Gasteiger partial charge in [0.1, 0.15) is 5.82 Å². The Morgan fingerprint density at radius 1 is 1.12 bits per heavy atom. The number of amides is 1. The summed E-state index contributed by atoms with van der Waals surface area (Å²) in [4.78, 5) is 34.9. The predicted molar refractivity (Wildman–Crippen MR) is 97.9 cm³/mol. The zero-order valence-corrected chi connectivity index (χ0v) is 15.2. The smallest absolute Gasteiger partial charge is 0.316 e. The second-order valence-electron chi connectivity index (χ2n) is 5.56. The summed E-state index contributed by atoms with van der Waals surface area (Å²) in [5.74, 6) is -2.05. The molecule has 5 nitrogen and oxygen atoms in total. The number of hydrogen-bond acceptors (Lipinski definition) is 5. The van der Waals surface area contributed by atoms with E-state index in [1.165, 1.54) is 19.1 Å². The van der Waals surface area contributed by atoms with Crippen molar-refractivity contribution in [3.05, 3.63) is 59.4 Å². The lowest BCUT2D eigenvalue weighted by molar-refractivity contribution is -0.144. The van der Waals surface area contributed by atoms with Gasteiger partial charge in [0.25, 0.3) is 5.91 Å². The van der Waals surface area contributed by atoms with Crippen LogP contribution in [0.1, 0.15) is 22.8 Å². The highest BCUT2D eigenvalue weighted by atomic mass is 32.2. The summed E-state index contributed by atoms with van der Waals surface area (Å²) in [6, 6.07) is 11.3. The fourth-order valence-corrected chi connectivity index (χ4v) is 2.71. The van der Waals surface area contributed by atoms with Gasteiger partial charge in [-0.15, -0.1) is 11.8 Å². The molecule has 0 aromatic heterocycles. The number of aryl methyl sites for hydroxylation is 1. The van der Waals surface area contributed by atoms with Crippen LogP contribution in [-0.2, 0) is 14.3 Å². The lowest BCUT2D eigenvalue weighted by Gasteiger charge is -2.07. The van der Waals surface area contributed by atoms with Crippen molar-refractivity contribution in [2.24, 2.45) is 0 Å². The van der Waals surface area contributed by atoms with Gasteiger partial charge in [-0.05, 0) is 38.1 Å². The molecule has 0 heterocycles. The Bertz CT molecular complexity index is 821. The molecule has 2 rings (SSSR count). The average Bonchev–Trinajstić information content (AvgIpc) is 2.60. The Balaban J connectivity index is 1.77. The van der Waals surface area contributed by atoms with Crippen LogP contribution < -0.4 is 5.32 Å². The first-order valence-corrected chi connectivity index (χ1v) is 8.79. The van der Waals surface area contributed by atoms with E-state index in [0.29, 0.717) is 5.69 Å². The van der Waals surface area contributed by atoms with E-state index in [1.807, 2.05) is 19.1 Å². The number of carbonyl (C=O) groups excluding carboxylic acids is 3. The number of carbonyl (C=O) groups is 3. The van der Waals surface area contributed by atoms with Gasteiger partial charge in [0, 0.05) is 16.1 Å². The molecule has 0 saturated carbocycles. The van der Waals surface area contributed by atoms with Crippen molar-refractivity contribution >= 4 is 35.1 Å². The number of halogens is 1. The second kappa shape index (κ2) is 9.15. The first-order chi connectivity index (χ1) is 12.3. The summed E-state index contributed by atoms with van der Waals surface area (Å²) < 4.78 is 18.7. The summed E-state index contributed by atoms with van der Waals surface area (Å²) in [5, 5.41) is 2.61. The van der Waals surface area contributed by atoms with Crippen LogP contribution in [0.15, 0.2) is 47.4 Å². The summed E-state index contributed by atoms with van der Waals surface area (Å²) in [6.07, 6.45) is 0. The topological polar surface area (TPSA) is 72.5 Å². The van der Waals surface area contributed by atoms with Crippen molar-refractivity contribution in [1.29, 1.82) is 0 Å². The van der Waals surface area contributed by atoms with Crippen LogP contribution >= 0.6 is 11.8 Å². The molecule has 0 bridgehead atoms. The molecule has 136 valence electrons. The van der Waals surface area contributed by atoms with Gasteiger partial charge in [-0.25, -0.2) is 4.39 Å². The number of benzene rings is 2. The number of anilines is 1. The third-order valence-electron chi connectivity index (χ3n) is 3.38. The highest BCUT2D eigenvalue weighted by Crippen LogP contribution is 2.23. The highest BCUT2D eigenvalue weighted by molar-refractivity contribution is 8.00. The van der Waals surface area contributed by atoms with Crippen molar-refractivity contribution in [2.75, 3.05) is 17.7 Å². The molecule has 26 heavy (non-hydrogen) atoms. The maximum atomic E-state index is 13.9. The zero-order chi connectivity index (χ0) is 19.1. The van der Waals surface area contributed by atoms with Crippen molar-refractivity contribution in [3.8, 4) is 0 Å². The molecule has 0 atom stereocenters. The second-order valence-corrected chi connectivity index (χ2v) is 6.58. The lowest BCUT2D eigenvalue weighted by atomic mass is 10.1. The summed E-state index contributed by atoms with van der Waals surface area (Å²) >= 11 is 0.940. The zero-order valence-electron chi connectivity index (χ0n) is 14.4. The maximum Gasteiger partial charge on any atom is 0.316 e. The average molecular weight is 375 g/mol. The fourth-order valence-electron chi connectivity index (χ4n) is 2.00. The molecule has 0 aliphatic heterocycles. The Morgan fingerprint density at radius 2 is 1.81 bits per heavy atom. The third kappa shape index (κ3) is 6.00. The number of rotatable bonds is 7. The van der Waals surface area contributed by atoms with Crippen LogP contribution in [0, 0.1) is 12.7 Å². The molecule has 0 radical (unpaired) electrons. The largest absolute Gasteiger partial charge is 0.455 e. The summed E-state index contributed by atoms with van der Waals surface area (Å²) in [5.41, 5.74) is 1.94. The summed E-state index contributed by atoms with van der Waals surface area (Å²) in [6.45, 7) is 2.86. The van der Waals surface area contributed by atoms with E-state index in [-0.39, 0.29) is 22.0 Å². The minimum atomic E-state index is -0.635. The molecule has 0 saturated heterocycles. The van der Waals surface area contributed by atoms with Crippen LogP contribution in [0.4, 0.5) is 10.1 Å². The van der Waals surface area contributed by atoms with Crippen LogP contribution in [0.2, 0.25) is 0 Å². The van der Waals surface area contributed by atoms with E-state index in [1.54, 1.807) is 12.1 Å². The van der Waals surface area contributed by atoms with E-state index in [2.05, 4.69) is 5.32 Å². The normalized spacial score (nSPS) is 10.3. The van der Waals surface area contributed by atoms with E-state index >= 15 is 0 Å². The van der Waals surface area contributed by atoms with Crippen molar-refractivity contribution in [3.63, 3.8) is 0 Å². The van der Waals surface area contributed by atoms with E-state index in [9.17, 15) is 18.8 Å². The third-order valence-corrected chi connectivity index (χ3v) is 4.41. The number of ketones is 1. The fraction of sp³-hybridized carbons (Fsp3) is 0.211. The lowest BCUT2D eigenvalue weighted by Crippen LogP contribution is -2.21. The van der Waals surface area contributed by atoms with E-state index < -0.39 is 24.3 Å². The van der Waals surface area contributed by atoms with Gasteiger partial charge in [-0.1, -0.05) is 23.8 Å². The highest BCUT2D eigenvalue weighted by Gasteiger charge is 2.12. The molecule has 1 N–H and O–H groups in total. The molecule has 2 aromatic rings. The summed E-state index contributed by atoms with van der Waals surface area (Å²) in [7, 11) is 0. The van der Waals surface area contributed by atoms with Gasteiger partial charge >= 0.3 is 5.97 Å². The van der Waals surface area contributed by atoms with Gasteiger partial charge in [-0.3, -0.25) is 14.4 Å². The molecule has 1 amide bonds. The molecule has 0 spiro atoms. The number of hydrogen-bond donors (Lipinski definition) is 1. The molecule has 0 unspecified atom stereocenters. The number of ether oxygens (including phenoxy) is 1. The Hall–Kier alpha value is -2.67. The van der Waals surface area contributed by atoms with Crippen molar-refractivity contribution in [2.45, 2.75) is 18.7 Å². The van der Waals surface area contributed by atoms with Gasteiger partial charge in [0.15, 0.2) is 12.4 Å². The number of nitrogens with one attached hydrogen (secondary N) is 1. The minimum Gasteiger partial charge on any atom is -0.455 e. The van der Waals surface area contributed by atoms with Crippen molar-refractivity contribution in [1.82, 2.24) is 0 Å². The van der Waals surface area contributed by atoms with Gasteiger partial charge in [0.05, 0.1) is 5.75 Å². The first-order valence-electron chi connectivity index (χ1n) is 7.80. The predicted octanol–water partition coefficient (Wildman–Crippen LogP) is 3.61. The molecule has 0 fully saturated rings. The Kier molecular flexibility index (Phi) is 6.91. The minimum absolute atomic E-state index is 0.145. The first kappa shape index (κ1) is 19.7. The monoisotopic (exact) mass is 375 g/mol. The molecular formula is C19H18FNO4S. The van der Waals surface area contributed by atoms with Gasteiger partial charge < -0.3 is 10.1 Å². The standard InChI is InChI=1S/C19H18FNO4S/c1-12-3-6-15(7-4-12)21-18(23)10-25-19(24)11-26-17-8-5-14(13(2)22)9-16(17)20/h3-9H,10-11H2,1-2H3,(H,21,23). The maximum absolute atomic E-state index is 13.9. The SMILES string of the molecule is CC(=O)c1ccc(SCC(=O)OCC(=O)Nc2ccc(C)cc2)c(F)c1. The number of esters is 1. The Labute approximate surface area is 154 Å². The van der Waals surface area contributed by atoms with E-state index in [0.717, 1.165) is 23.4 Å². The molecule has 0 aliphatic rings. The van der Waals surface area contributed by atoms with Crippen LogP contribution in [0.3, 0.4) is 0 Å². The number of thioether (sulfide) groups is 1. The van der Waals surface area contributed by atoms with E-state index in [4.69, 9.17) is 4.74 Å². The van der Waals surface area contributed by atoms with Crippen LogP contribution in [-0.4, -0.2) is 30.0 Å². The molecule has 0 aliphatic carbocycles. The molecular weight excluding hydrogens is 357 g/mol. The molecule has 7 heteroatoms. The quantitative estimate of drug-likeness (QED) is 0.455. The molecule has 2 aromatic carbocycles. The number of Topliss-reactive ketones (excluding diaryl/α,β-unsaturated/α-hetero) is 1. The van der Waals surface area contributed by atoms with Crippen LogP contribution in [0.25, 0.3) is 0 Å². The van der Waals surface area contributed by atoms with Crippen molar-refractivity contribution < 1.29 is 23.5 Å². The van der Waals surface area contributed by atoms with Crippen LogP contribution in [0.5, 0.6) is 0 Å².